The van der Waals surface area contributed by atoms with Crippen LogP contribution >= 0.6 is 0 Å². The summed E-state index contributed by atoms with van der Waals surface area (Å²) in [6, 6.07) is 10.2. The van der Waals surface area contributed by atoms with Crippen LogP contribution in [0.3, 0.4) is 0 Å². The summed E-state index contributed by atoms with van der Waals surface area (Å²) in [5.74, 6) is 0.933. The number of benzene rings is 1. The molecular formula is C16H22N2O. The molecule has 2 rings (SSSR count). The molecule has 0 saturated carbocycles. The first kappa shape index (κ1) is 13.8. The largest absolute Gasteiger partial charge is 0.391 e. The highest BCUT2D eigenvalue weighted by molar-refractivity contribution is 5.55. The lowest BCUT2D eigenvalue weighted by atomic mass is 10.0. The van der Waals surface area contributed by atoms with Crippen molar-refractivity contribution in [2.24, 2.45) is 0 Å². The van der Waals surface area contributed by atoms with Crippen LogP contribution in [-0.4, -0.2) is 20.8 Å². The molecule has 1 heterocycles. The van der Waals surface area contributed by atoms with E-state index in [9.17, 15) is 5.11 Å². The van der Waals surface area contributed by atoms with E-state index in [1.807, 2.05) is 30.6 Å². The maximum atomic E-state index is 10.3. The minimum Gasteiger partial charge on any atom is -0.391 e. The smallest absolute Gasteiger partial charge is 0.140 e. The second-order valence-electron chi connectivity index (χ2n) is 4.86. The average Bonchev–Trinajstić information content (AvgIpc) is 2.90. The highest BCUT2D eigenvalue weighted by atomic mass is 16.3. The van der Waals surface area contributed by atoms with Crippen molar-refractivity contribution in [1.82, 2.24) is 9.55 Å². The van der Waals surface area contributed by atoms with Gasteiger partial charge in [-0.05, 0) is 12.8 Å². The third-order valence-corrected chi connectivity index (χ3v) is 3.50. The fourth-order valence-corrected chi connectivity index (χ4v) is 2.53. The van der Waals surface area contributed by atoms with E-state index in [4.69, 9.17) is 0 Å². The molecule has 2 atom stereocenters. The Kier molecular flexibility index (Phi) is 4.74. The summed E-state index contributed by atoms with van der Waals surface area (Å²) in [5.41, 5.74) is 1.09. The number of imidazole rings is 1. The zero-order chi connectivity index (χ0) is 13.7. The molecule has 0 fully saturated rings. The van der Waals surface area contributed by atoms with E-state index in [2.05, 4.69) is 35.5 Å². The Morgan fingerprint density at radius 1 is 1.21 bits per heavy atom. The van der Waals surface area contributed by atoms with Crippen LogP contribution in [0.1, 0.15) is 39.2 Å². The topological polar surface area (TPSA) is 38.0 Å². The van der Waals surface area contributed by atoms with Crippen molar-refractivity contribution in [2.45, 2.75) is 45.3 Å². The molecule has 3 nitrogen and oxygen atoms in total. The Bertz CT molecular complexity index is 492. The van der Waals surface area contributed by atoms with Crippen LogP contribution < -0.4 is 0 Å². The standard InChI is InChI=1S/C16H22N2O/c1-3-8-15(19)14(4-2)18-12-11-17-16(18)13-9-6-5-7-10-13/h5-7,9-12,14-15,19H,3-4,8H2,1-2H3. The van der Waals surface area contributed by atoms with Gasteiger partial charge in [0.2, 0.25) is 0 Å². The van der Waals surface area contributed by atoms with Gasteiger partial charge in [-0.1, -0.05) is 50.6 Å². The Morgan fingerprint density at radius 3 is 2.58 bits per heavy atom. The summed E-state index contributed by atoms with van der Waals surface area (Å²) in [4.78, 5) is 4.45. The van der Waals surface area contributed by atoms with Gasteiger partial charge in [0.25, 0.3) is 0 Å². The van der Waals surface area contributed by atoms with Gasteiger partial charge in [-0.3, -0.25) is 0 Å². The molecule has 102 valence electrons. The highest BCUT2D eigenvalue weighted by Gasteiger charge is 2.21. The zero-order valence-electron chi connectivity index (χ0n) is 11.7. The van der Waals surface area contributed by atoms with Crippen molar-refractivity contribution in [1.29, 1.82) is 0 Å². The molecular weight excluding hydrogens is 236 g/mol. The summed E-state index contributed by atoms with van der Waals surface area (Å²) >= 11 is 0. The van der Waals surface area contributed by atoms with Crippen LogP contribution in [-0.2, 0) is 0 Å². The summed E-state index contributed by atoms with van der Waals surface area (Å²) in [6.07, 6.45) is 6.18. The number of aliphatic hydroxyl groups excluding tert-OH is 1. The molecule has 0 bridgehead atoms. The van der Waals surface area contributed by atoms with Crippen molar-refractivity contribution in [3.8, 4) is 11.4 Å². The van der Waals surface area contributed by atoms with Crippen LogP contribution in [0.15, 0.2) is 42.7 Å². The quantitative estimate of drug-likeness (QED) is 0.858. The Balaban J connectivity index is 2.32. The van der Waals surface area contributed by atoms with Crippen LogP contribution in [0.2, 0.25) is 0 Å². The molecule has 0 aliphatic rings. The van der Waals surface area contributed by atoms with Gasteiger partial charge in [0.15, 0.2) is 0 Å². The third kappa shape index (κ3) is 3.04. The molecule has 0 aliphatic carbocycles. The second kappa shape index (κ2) is 6.53. The maximum absolute atomic E-state index is 10.3. The molecule has 0 aliphatic heterocycles. The predicted molar refractivity (Wildman–Crippen MR) is 77.9 cm³/mol. The van der Waals surface area contributed by atoms with E-state index in [1.54, 1.807) is 0 Å². The second-order valence-corrected chi connectivity index (χ2v) is 4.86. The highest BCUT2D eigenvalue weighted by Crippen LogP contribution is 2.26. The van der Waals surface area contributed by atoms with Crippen molar-refractivity contribution in [3.63, 3.8) is 0 Å². The first-order valence-electron chi connectivity index (χ1n) is 7.04. The number of nitrogens with zero attached hydrogens (tertiary/aromatic N) is 2. The molecule has 0 radical (unpaired) electrons. The number of hydrogen-bond donors (Lipinski definition) is 1. The van der Waals surface area contributed by atoms with Crippen LogP contribution in [0.4, 0.5) is 0 Å². The first-order valence-corrected chi connectivity index (χ1v) is 7.04. The van der Waals surface area contributed by atoms with E-state index >= 15 is 0 Å². The lowest BCUT2D eigenvalue weighted by Crippen LogP contribution is -2.23. The van der Waals surface area contributed by atoms with Crippen molar-refractivity contribution in [2.75, 3.05) is 0 Å². The van der Waals surface area contributed by atoms with E-state index in [0.29, 0.717) is 0 Å². The van der Waals surface area contributed by atoms with Gasteiger partial charge < -0.3 is 9.67 Å². The van der Waals surface area contributed by atoms with Gasteiger partial charge in [-0.2, -0.15) is 0 Å². The van der Waals surface area contributed by atoms with Gasteiger partial charge in [0.1, 0.15) is 5.82 Å². The third-order valence-electron chi connectivity index (χ3n) is 3.50. The minimum atomic E-state index is -0.313. The molecule has 19 heavy (non-hydrogen) atoms. The molecule has 0 saturated heterocycles. The SMILES string of the molecule is CCCC(O)C(CC)n1ccnc1-c1ccccc1. The van der Waals surface area contributed by atoms with E-state index in [1.165, 1.54) is 0 Å². The number of rotatable bonds is 6. The maximum Gasteiger partial charge on any atom is 0.140 e. The molecule has 2 unspecified atom stereocenters. The molecule has 0 amide bonds. The summed E-state index contributed by atoms with van der Waals surface area (Å²) < 4.78 is 2.11. The fourth-order valence-electron chi connectivity index (χ4n) is 2.53. The van der Waals surface area contributed by atoms with Crippen molar-refractivity contribution >= 4 is 0 Å². The summed E-state index contributed by atoms with van der Waals surface area (Å²) in [5, 5.41) is 10.3. The molecule has 1 aromatic heterocycles. The minimum absolute atomic E-state index is 0.0951. The van der Waals surface area contributed by atoms with Crippen LogP contribution in [0.25, 0.3) is 11.4 Å². The fraction of sp³-hybridized carbons (Fsp3) is 0.438. The van der Waals surface area contributed by atoms with Gasteiger partial charge in [0, 0.05) is 18.0 Å². The lowest BCUT2D eigenvalue weighted by molar-refractivity contribution is 0.101. The van der Waals surface area contributed by atoms with Crippen molar-refractivity contribution in [3.05, 3.63) is 42.7 Å². The van der Waals surface area contributed by atoms with Gasteiger partial charge >= 0.3 is 0 Å². The summed E-state index contributed by atoms with van der Waals surface area (Å²) in [6.45, 7) is 4.21. The van der Waals surface area contributed by atoms with Crippen LogP contribution in [0, 0.1) is 0 Å². The Labute approximate surface area is 114 Å². The van der Waals surface area contributed by atoms with E-state index < -0.39 is 0 Å². The van der Waals surface area contributed by atoms with Gasteiger partial charge in [0.05, 0.1) is 12.1 Å². The molecule has 0 spiro atoms. The number of aromatic nitrogens is 2. The number of aliphatic hydroxyl groups is 1. The monoisotopic (exact) mass is 258 g/mol. The normalized spacial score (nSPS) is 14.3. The Hall–Kier alpha value is -1.61. The number of hydrogen-bond acceptors (Lipinski definition) is 2. The van der Waals surface area contributed by atoms with Gasteiger partial charge in [-0.25, -0.2) is 4.98 Å². The molecule has 1 aromatic carbocycles. The van der Waals surface area contributed by atoms with Gasteiger partial charge in [-0.15, -0.1) is 0 Å². The van der Waals surface area contributed by atoms with E-state index in [-0.39, 0.29) is 12.1 Å². The molecule has 3 heteroatoms. The average molecular weight is 258 g/mol. The van der Waals surface area contributed by atoms with E-state index in [0.717, 1.165) is 30.7 Å². The predicted octanol–water partition coefficient (Wildman–Crippen LogP) is 3.66. The van der Waals surface area contributed by atoms with Crippen LogP contribution in [0.5, 0.6) is 0 Å². The Morgan fingerprint density at radius 2 is 1.95 bits per heavy atom. The van der Waals surface area contributed by atoms with Crippen molar-refractivity contribution < 1.29 is 5.11 Å². The zero-order valence-corrected chi connectivity index (χ0v) is 11.7. The molecule has 2 aromatic rings. The summed E-state index contributed by atoms with van der Waals surface area (Å²) in [7, 11) is 0. The lowest BCUT2D eigenvalue weighted by Gasteiger charge is -2.24. The molecule has 1 N–H and O–H groups in total. The first-order chi connectivity index (χ1) is 9.27.